The van der Waals surface area contributed by atoms with Crippen LogP contribution in [-0.4, -0.2) is 16.8 Å². The van der Waals surface area contributed by atoms with E-state index in [9.17, 15) is 0 Å². The molecule has 0 radical (unpaired) electrons. The lowest BCUT2D eigenvalue weighted by Gasteiger charge is -2.19. The quantitative estimate of drug-likeness (QED) is 0.849. The number of rotatable bonds is 4. The van der Waals surface area contributed by atoms with Gasteiger partial charge in [0.15, 0.2) is 0 Å². The Kier molecular flexibility index (Phi) is 4.44. The summed E-state index contributed by atoms with van der Waals surface area (Å²) in [4.78, 5) is 5.80. The lowest BCUT2D eigenvalue weighted by molar-refractivity contribution is 0.561. The van der Waals surface area contributed by atoms with Crippen LogP contribution in [0.15, 0.2) is 52.0 Å². The van der Waals surface area contributed by atoms with Gasteiger partial charge in [-0.15, -0.1) is 11.8 Å². The highest BCUT2D eigenvalue weighted by Gasteiger charge is 2.28. The van der Waals surface area contributed by atoms with Crippen LogP contribution < -0.4 is 5.73 Å². The molecule has 1 aromatic heterocycles. The van der Waals surface area contributed by atoms with Crippen molar-refractivity contribution in [1.29, 1.82) is 0 Å². The van der Waals surface area contributed by atoms with E-state index >= 15 is 0 Å². The molecule has 2 N–H and O–H groups in total. The van der Waals surface area contributed by atoms with E-state index in [2.05, 4.69) is 51.2 Å². The Balaban J connectivity index is 1.63. The Morgan fingerprint density at radius 1 is 1.30 bits per heavy atom. The van der Waals surface area contributed by atoms with E-state index in [-0.39, 0.29) is 6.04 Å². The normalized spacial score (nSPS) is 18.8. The summed E-state index contributed by atoms with van der Waals surface area (Å²) in [7, 11) is 0. The monoisotopic (exact) mass is 348 g/mol. The maximum Gasteiger partial charge on any atom is 0.0482 e. The van der Waals surface area contributed by atoms with Gasteiger partial charge >= 0.3 is 0 Å². The molecule has 0 amide bonds. The van der Waals surface area contributed by atoms with Crippen molar-refractivity contribution >= 4 is 27.7 Å². The molecule has 20 heavy (non-hydrogen) atoms. The van der Waals surface area contributed by atoms with Gasteiger partial charge in [0.05, 0.1) is 0 Å². The lowest BCUT2D eigenvalue weighted by Crippen LogP contribution is -2.30. The fourth-order valence-electron chi connectivity index (χ4n) is 2.70. The van der Waals surface area contributed by atoms with Crippen LogP contribution >= 0.6 is 27.7 Å². The molecule has 4 heteroatoms. The fraction of sp³-hybridized carbons (Fsp3) is 0.312. The number of aromatic nitrogens is 1. The van der Waals surface area contributed by atoms with Crippen LogP contribution in [0, 0.1) is 0 Å². The van der Waals surface area contributed by atoms with Gasteiger partial charge in [-0.1, -0.05) is 22.0 Å². The molecule has 2 aromatic rings. The first-order chi connectivity index (χ1) is 9.74. The molecule has 0 saturated heterocycles. The van der Waals surface area contributed by atoms with Crippen molar-refractivity contribution in [1.82, 2.24) is 4.98 Å². The number of hydrogen-bond acceptors (Lipinski definition) is 3. The van der Waals surface area contributed by atoms with Crippen molar-refractivity contribution < 1.29 is 0 Å². The third kappa shape index (κ3) is 3.08. The summed E-state index contributed by atoms with van der Waals surface area (Å²) in [5.41, 5.74) is 9.00. The van der Waals surface area contributed by atoms with E-state index in [0.717, 1.165) is 23.1 Å². The molecule has 0 aliphatic heterocycles. The van der Waals surface area contributed by atoms with Gasteiger partial charge in [-0.05, 0) is 48.7 Å². The minimum Gasteiger partial charge on any atom is -0.326 e. The smallest absolute Gasteiger partial charge is 0.0482 e. The van der Waals surface area contributed by atoms with Gasteiger partial charge in [0.2, 0.25) is 0 Å². The number of aryl methyl sites for hydroxylation is 1. The molecule has 0 saturated carbocycles. The molecule has 1 aliphatic rings. The summed E-state index contributed by atoms with van der Waals surface area (Å²) >= 11 is 5.28. The summed E-state index contributed by atoms with van der Waals surface area (Å²) in [5, 5.41) is 0. The highest BCUT2D eigenvalue weighted by molar-refractivity contribution is 9.10. The molecule has 2 unspecified atom stereocenters. The third-order valence-corrected chi connectivity index (χ3v) is 5.46. The first-order valence-corrected chi connectivity index (χ1v) is 8.59. The number of benzene rings is 1. The van der Waals surface area contributed by atoms with Crippen LogP contribution in [0.3, 0.4) is 0 Å². The lowest BCUT2D eigenvalue weighted by atomic mass is 9.99. The maximum atomic E-state index is 6.40. The van der Waals surface area contributed by atoms with E-state index in [1.807, 2.05) is 24.0 Å². The number of nitrogens with two attached hydrogens (primary N) is 1. The first-order valence-electron chi connectivity index (χ1n) is 6.82. The van der Waals surface area contributed by atoms with E-state index in [0.29, 0.717) is 5.92 Å². The van der Waals surface area contributed by atoms with Crippen LogP contribution in [-0.2, 0) is 6.42 Å². The molecule has 3 rings (SSSR count). The summed E-state index contributed by atoms with van der Waals surface area (Å²) < 4.78 is 1.11. The molecule has 2 atom stereocenters. The highest BCUT2D eigenvalue weighted by Crippen LogP contribution is 2.34. The predicted molar refractivity (Wildman–Crippen MR) is 88.1 cm³/mol. The molecule has 2 nitrogen and oxygen atoms in total. The SMILES string of the molecule is NC(CSc1ccc(Br)cc1)C1CCc2cccnc21. The summed E-state index contributed by atoms with van der Waals surface area (Å²) in [5.74, 6) is 1.34. The second kappa shape index (κ2) is 6.29. The molecule has 0 bridgehead atoms. The van der Waals surface area contributed by atoms with Gasteiger partial charge < -0.3 is 5.73 Å². The number of nitrogens with zero attached hydrogens (tertiary/aromatic N) is 1. The molecule has 1 aromatic carbocycles. The van der Waals surface area contributed by atoms with Crippen LogP contribution in [0.25, 0.3) is 0 Å². The number of thioether (sulfide) groups is 1. The zero-order valence-electron chi connectivity index (χ0n) is 11.1. The fourth-order valence-corrected chi connectivity index (χ4v) is 3.91. The van der Waals surface area contributed by atoms with Gasteiger partial charge in [-0.2, -0.15) is 0 Å². The standard InChI is InChI=1S/C16H17BrN2S/c17-12-4-6-13(7-5-12)20-10-15(18)14-8-3-11-2-1-9-19-16(11)14/h1-2,4-7,9,14-15H,3,8,10,18H2. The van der Waals surface area contributed by atoms with Crippen LogP contribution in [0.5, 0.6) is 0 Å². The zero-order chi connectivity index (χ0) is 13.9. The number of halogens is 1. The number of fused-ring (bicyclic) bond motifs is 1. The second-order valence-electron chi connectivity index (χ2n) is 5.12. The highest BCUT2D eigenvalue weighted by atomic mass is 79.9. The average molecular weight is 349 g/mol. The van der Waals surface area contributed by atoms with Gasteiger partial charge in [0, 0.05) is 39.0 Å². The Hall–Kier alpha value is -0.840. The Morgan fingerprint density at radius 3 is 2.90 bits per heavy atom. The number of pyridine rings is 1. The molecular formula is C16H17BrN2S. The van der Waals surface area contributed by atoms with E-state index in [1.165, 1.54) is 16.2 Å². The minimum absolute atomic E-state index is 0.166. The largest absolute Gasteiger partial charge is 0.326 e. The van der Waals surface area contributed by atoms with E-state index < -0.39 is 0 Å². The Bertz CT molecular complexity index is 585. The van der Waals surface area contributed by atoms with Crippen molar-refractivity contribution in [3.05, 3.63) is 58.3 Å². The Morgan fingerprint density at radius 2 is 2.10 bits per heavy atom. The molecule has 0 spiro atoms. The maximum absolute atomic E-state index is 6.40. The molecule has 1 heterocycles. The number of hydrogen-bond donors (Lipinski definition) is 1. The van der Waals surface area contributed by atoms with E-state index in [4.69, 9.17) is 5.73 Å². The molecule has 1 aliphatic carbocycles. The second-order valence-corrected chi connectivity index (χ2v) is 7.13. The van der Waals surface area contributed by atoms with E-state index in [1.54, 1.807) is 0 Å². The molecule has 0 fully saturated rings. The summed E-state index contributed by atoms with van der Waals surface area (Å²) in [6, 6.07) is 12.8. The first kappa shape index (κ1) is 14.1. The summed E-state index contributed by atoms with van der Waals surface area (Å²) in [6.07, 6.45) is 4.13. The van der Waals surface area contributed by atoms with Gasteiger partial charge in [0.25, 0.3) is 0 Å². The van der Waals surface area contributed by atoms with Crippen molar-refractivity contribution in [3.63, 3.8) is 0 Å². The van der Waals surface area contributed by atoms with Crippen molar-refractivity contribution in [2.75, 3.05) is 5.75 Å². The van der Waals surface area contributed by atoms with Crippen LogP contribution in [0.2, 0.25) is 0 Å². The van der Waals surface area contributed by atoms with Gasteiger partial charge in [0.1, 0.15) is 0 Å². The summed E-state index contributed by atoms with van der Waals surface area (Å²) in [6.45, 7) is 0. The molecular weight excluding hydrogens is 332 g/mol. The van der Waals surface area contributed by atoms with Gasteiger partial charge in [-0.25, -0.2) is 0 Å². The topological polar surface area (TPSA) is 38.9 Å². The average Bonchev–Trinajstić information content (AvgIpc) is 2.90. The van der Waals surface area contributed by atoms with Crippen LogP contribution in [0.4, 0.5) is 0 Å². The zero-order valence-corrected chi connectivity index (χ0v) is 13.5. The van der Waals surface area contributed by atoms with Crippen molar-refractivity contribution in [3.8, 4) is 0 Å². The predicted octanol–water partition coefficient (Wildman–Crippen LogP) is 3.99. The van der Waals surface area contributed by atoms with Gasteiger partial charge in [-0.3, -0.25) is 4.98 Å². The van der Waals surface area contributed by atoms with Crippen molar-refractivity contribution in [2.24, 2.45) is 5.73 Å². The molecule has 104 valence electrons. The Labute approximate surface area is 132 Å². The third-order valence-electron chi connectivity index (χ3n) is 3.77. The van der Waals surface area contributed by atoms with Crippen molar-refractivity contribution in [2.45, 2.75) is 29.7 Å². The minimum atomic E-state index is 0.166. The van der Waals surface area contributed by atoms with Crippen LogP contribution in [0.1, 0.15) is 23.6 Å².